The summed E-state index contributed by atoms with van der Waals surface area (Å²) in [4.78, 5) is 43.3. The molecule has 10 heteroatoms. The number of rotatable bonds is 7. The van der Waals surface area contributed by atoms with E-state index in [9.17, 15) is 9.59 Å². The Morgan fingerprint density at radius 3 is 2.11 bits per heavy atom. The van der Waals surface area contributed by atoms with Gasteiger partial charge in [-0.05, 0) is 60.7 Å². The molecule has 0 radical (unpaired) electrons. The number of hydrogen-bond acceptors (Lipinski definition) is 6. The van der Waals surface area contributed by atoms with Crippen LogP contribution in [-0.4, -0.2) is 50.5 Å². The highest BCUT2D eigenvalue weighted by atomic mass is 16.5. The lowest BCUT2D eigenvalue weighted by atomic mass is 10.1. The molecule has 1 fully saturated rings. The molecule has 2 aromatic heterocycles. The summed E-state index contributed by atoms with van der Waals surface area (Å²) in [5, 5.41) is 2.70. The minimum atomic E-state index is -0.861. The summed E-state index contributed by atoms with van der Waals surface area (Å²) in [6, 6.07) is 23.9. The number of alkyl carbamates (subject to hydrolysis) is 1. The Morgan fingerprint density at radius 1 is 0.913 bits per heavy atom. The molecule has 0 bridgehead atoms. The van der Waals surface area contributed by atoms with Gasteiger partial charge in [-0.15, -0.1) is 0 Å². The number of aromatic nitrogens is 4. The molecule has 1 aliphatic heterocycles. The van der Waals surface area contributed by atoms with Crippen molar-refractivity contribution in [1.82, 2.24) is 30.2 Å². The highest BCUT2D eigenvalue weighted by Gasteiger charge is 2.37. The highest BCUT2D eigenvalue weighted by molar-refractivity contribution is 5.87. The van der Waals surface area contributed by atoms with Crippen molar-refractivity contribution in [1.29, 1.82) is 0 Å². The fourth-order valence-corrected chi connectivity index (χ4v) is 5.57. The third-order valence-corrected chi connectivity index (χ3v) is 8.04. The minimum absolute atomic E-state index is 0.148. The van der Waals surface area contributed by atoms with Gasteiger partial charge in [-0.1, -0.05) is 66.4 Å². The van der Waals surface area contributed by atoms with E-state index in [2.05, 4.69) is 37.1 Å². The van der Waals surface area contributed by atoms with Gasteiger partial charge in [0.25, 0.3) is 5.91 Å². The van der Waals surface area contributed by atoms with Crippen LogP contribution in [0.2, 0.25) is 0 Å². The Balaban J connectivity index is 1.13. The Bertz CT molecular complexity index is 1870. The Morgan fingerprint density at radius 2 is 1.52 bits per heavy atom. The van der Waals surface area contributed by atoms with E-state index in [0.29, 0.717) is 17.9 Å². The van der Waals surface area contributed by atoms with Crippen LogP contribution in [0.3, 0.4) is 0 Å². The smallest absolute Gasteiger partial charge is 0.407 e. The van der Waals surface area contributed by atoms with Crippen LogP contribution in [-0.2, 0) is 9.53 Å². The van der Waals surface area contributed by atoms with Gasteiger partial charge in [0, 0.05) is 17.7 Å². The molecule has 3 aromatic carbocycles. The summed E-state index contributed by atoms with van der Waals surface area (Å²) in [7, 11) is 1.28. The number of nitrogens with two attached hydrogens (primary N) is 1. The van der Waals surface area contributed by atoms with E-state index in [1.807, 2.05) is 85.8 Å². The number of benzene rings is 3. The van der Waals surface area contributed by atoms with Gasteiger partial charge in [-0.3, -0.25) is 4.79 Å². The van der Waals surface area contributed by atoms with Crippen molar-refractivity contribution in [2.45, 2.75) is 37.9 Å². The molecular formula is C36H35N7O3. The first-order valence-electron chi connectivity index (χ1n) is 15.2. The molecule has 0 aliphatic carbocycles. The lowest BCUT2D eigenvalue weighted by molar-refractivity contribution is -0.134. The summed E-state index contributed by atoms with van der Waals surface area (Å²) < 4.78 is 4.80. The maximum absolute atomic E-state index is 13.8. The molecule has 3 atom stereocenters. The van der Waals surface area contributed by atoms with E-state index in [4.69, 9.17) is 10.5 Å². The molecule has 6 rings (SSSR count). The number of imidazole rings is 2. The Kier molecular flexibility index (Phi) is 8.94. The van der Waals surface area contributed by atoms with Crippen molar-refractivity contribution >= 4 is 12.0 Å². The van der Waals surface area contributed by atoms with Crippen molar-refractivity contribution in [2.75, 3.05) is 13.7 Å². The van der Waals surface area contributed by atoms with Crippen LogP contribution in [0, 0.1) is 11.8 Å². The Hall–Kier alpha value is -5.66. The van der Waals surface area contributed by atoms with Gasteiger partial charge < -0.3 is 30.7 Å². The minimum Gasteiger partial charge on any atom is -0.453 e. The van der Waals surface area contributed by atoms with Gasteiger partial charge in [-0.2, -0.15) is 0 Å². The molecule has 0 spiro atoms. The van der Waals surface area contributed by atoms with Gasteiger partial charge in [-0.25, -0.2) is 14.8 Å². The van der Waals surface area contributed by atoms with Crippen LogP contribution in [0.25, 0.3) is 22.5 Å². The molecule has 0 saturated carbocycles. The number of hydrogen-bond donors (Lipinski definition) is 4. The van der Waals surface area contributed by atoms with Gasteiger partial charge >= 0.3 is 6.09 Å². The van der Waals surface area contributed by atoms with E-state index in [-0.39, 0.29) is 18.0 Å². The number of nitrogens with one attached hydrogen (secondary N) is 3. The van der Waals surface area contributed by atoms with Gasteiger partial charge in [0.05, 0.1) is 43.0 Å². The second-order valence-electron chi connectivity index (χ2n) is 11.2. The maximum Gasteiger partial charge on any atom is 0.407 e. The van der Waals surface area contributed by atoms with Crippen molar-refractivity contribution in [3.8, 4) is 34.4 Å². The second-order valence-corrected chi connectivity index (χ2v) is 11.2. The standard InChI is InChI=1S/C36H35N7O3/c1-23(37)33-38-21-29(40-33)26-16-12-24(13-17-26)10-11-25-14-18-27(19-15-25)30-22-39-34(41-30)31-9-6-20-43(31)35(44)32(42-36(45)46-2)28-7-4-3-5-8-28/h3-5,7-8,12-19,21-23,31-32H,6,9,20,37H2,1-2H3,(H,38,40)(H,39,41)(H,42,45)/t23-,31-,32+/m0/s1. The summed E-state index contributed by atoms with van der Waals surface area (Å²) in [6.07, 6.45) is 4.52. The lowest BCUT2D eigenvalue weighted by Gasteiger charge is -2.28. The molecule has 1 aliphatic rings. The Labute approximate surface area is 267 Å². The molecule has 2 amide bonds. The number of ether oxygens (including phenoxy) is 1. The predicted octanol–water partition coefficient (Wildman–Crippen LogP) is 5.65. The van der Waals surface area contributed by atoms with Crippen molar-refractivity contribution in [3.05, 3.63) is 120 Å². The third kappa shape index (κ3) is 6.70. The SMILES string of the molecule is COC(=O)N[C@@H](C(=O)N1CCC[C@H]1c1ncc(-c2ccc(C#Cc3ccc(-c4cnc([C@H](C)N)[nH]4)cc3)cc2)[nH]1)c1ccccc1. The fraction of sp³-hybridized carbons (Fsp3) is 0.222. The first kappa shape index (κ1) is 30.4. The molecule has 5 aromatic rings. The van der Waals surface area contributed by atoms with Crippen LogP contribution in [0.5, 0.6) is 0 Å². The number of likely N-dealkylation sites (tertiary alicyclic amines) is 1. The largest absolute Gasteiger partial charge is 0.453 e. The van der Waals surface area contributed by atoms with Crippen molar-refractivity contribution < 1.29 is 14.3 Å². The van der Waals surface area contributed by atoms with Crippen LogP contribution < -0.4 is 11.1 Å². The van der Waals surface area contributed by atoms with E-state index >= 15 is 0 Å². The molecule has 5 N–H and O–H groups in total. The van der Waals surface area contributed by atoms with E-state index in [0.717, 1.165) is 52.3 Å². The summed E-state index contributed by atoms with van der Waals surface area (Å²) in [6.45, 7) is 2.46. The highest BCUT2D eigenvalue weighted by Crippen LogP contribution is 2.34. The summed E-state index contributed by atoms with van der Waals surface area (Å²) >= 11 is 0. The van der Waals surface area contributed by atoms with E-state index in [1.165, 1.54) is 7.11 Å². The first-order chi connectivity index (χ1) is 22.4. The zero-order valence-corrected chi connectivity index (χ0v) is 25.7. The van der Waals surface area contributed by atoms with Gasteiger partial charge in [0.15, 0.2) is 0 Å². The summed E-state index contributed by atoms with van der Waals surface area (Å²) in [5.74, 6) is 7.72. The zero-order chi connectivity index (χ0) is 32.0. The predicted molar refractivity (Wildman–Crippen MR) is 175 cm³/mol. The molecule has 46 heavy (non-hydrogen) atoms. The van der Waals surface area contributed by atoms with Crippen molar-refractivity contribution in [3.63, 3.8) is 0 Å². The number of H-pyrrole nitrogens is 2. The molecule has 0 unspecified atom stereocenters. The number of carbonyl (C=O) groups excluding carboxylic acids is 2. The van der Waals surface area contributed by atoms with Gasteiger partial charge in [0.2, 0.25) is 0 Å². The summed E-state index contributed by atoms with van der Waals surface area (Å²) in [5.41, 5.74) is 12.1. The average molecular weight is 614 g/mol. The lowest BCUT2D eigenvalue weighted by Crippen LogP contribution is -2.42. The monoisotopic (exact) mass is 613 g/mol. The quantitative estimate of drug-likeness (QED) is 0.175. The molecular weight excluding hydrogens is 578 g/mol. The van der Waals surface area contributed by atoms with Gasteiger partial charge in [0.1, 0.15) is 17.7 Å². The topological polar surface area (TPSA) is 142 Å². The van der Waals surface area contributed by atoms with Crippen LogP contribution >= 0.6 is 0 Å². The number of carbonyl (C=O) groups is 2. The second kappa shape index (κ2) is 13.5. The van der Waals surface area contributed by atoms with Crippen molar-refractivity contribution in [2.24, 2.45) is 5.73 Å². The van der Waals surface area contributed by atoms with Crippen LogP contribution in [0.1, 0.15) is 66.2 Å². The van der Waals surface area contributed by atoms with E-state index < -0.39 is 12.1 Å². The number of aromatic amines is 2. The third-order valence-electron chi connectivity index (χ3n) is 8.04. The average Bonchev–Trinajstić information content (AvgIpc) is 3.88. The molecule has 232 valence electrons. The molecule has 1 saturated heterocycles. The van der Waals surface area contributed by atoms with Crippen LogP contribution in [0.15, 0.2) is 91.3 Å². The first-order valence-corrected chi connectivity index (χ1v) is 15.2. The maximum atomic E-state index is 13.8. The number of methoxy groups -OCH3 is 1. The molecule has 10 nitrogen and oxygen atoms in total. The van der Waals surface area contributed by atoms with E-state index in [1.54, 1.807) is 17.3 Å². The van der Waals surface area contributed by atoms with Crippen LogP contribution in [0.4, 0.5) is 4.79 Å². The molecule has 3 heterocycles. The number of nitrogens with zero attached hydrogens (tertiary/aromatic N) is 3. The zero-order valence-electron chi connectivity index (χ0n) is 25.7. The number of amides is 2. The fourth-order valence-electron chi connectivity index (χ4n) is 5.57. The normalized spacial score (nSPS) is 15.5.